The Labute approximate surface area is 159 Å². The number of amides is 1. The summed E-state index contributed by atoms with van der Waals surface area (Å²) < 4.78 is 1.38. The van der Waals surface area contributed by atoms with Crippen LogP contribution in [-0.2, 0) is 4.79 Å². The third-order valence-electron chi connectivity index (χ3n) is 4.37. The fourth-order valence-electron chi connectivity index (χ4n) is 2.85. The average molecular weight is 375 g/mol. The normalized spacial score (nSPS) is 12.0. The Morgan fingerprint density at radius 2 is 1.74 bits per heavy atom. The van der Waals surface area contributed by atoms with Crippen LogP contribution < -0.4 is 10.9 Å². The molecule has 6 heteroatoms. The molecule has 2 aromatic heterocycles. The Hall–Kier alpha value is -3.25. The zero-order chi connectivity index (χ0) is 18.8. The molecule has 0 spiro atoms. The van der Waals surface area contributed by atoms with Gasteiger partial charge in [-0.15, -0.1) is 11.3 Å². The maximum Gasteiger partial charge on any atom is 0.262 e. The van der Waals surface area contributed by atoms with Crippen molar-refractivity contribution < 1.29 is 4.79 Å². The minimum atomic E-state index is -0.672. The first-order valence-corrected chi connectivity index (χ1v) is 9.37. The summed E-state index contributed by atoms with van der Waals surface area (Å²) in [6.07, 6.45) is 1.45. The topological polar surface area (TPSA) is 64.0 Å². The summed E-state index contributed by atoms with van der Waals surface area (Å²) >= 11 is 1.47. The van der Waals surface area contributed by atoms with Crippen molar-refractivity contribution in [2.75, 3.05) is 5.32 Å². The largest absolute Gasteiger partial charge is 0.324 e. The second-order valence-electron chi connectivity index (χ2n) is 6.18. The van der Waals surface area contributed by atoms with Crippen molar-refractivity contribution in [2.24, 2.45) is 0 Å². The lowest BCUT2D eigenvalue weighted by atomic mass is 10.2. The average Bonchev–Trinajstić information content (AvgIpc) is 3.14. The molecule has 0 fully saturated rings. The molecule has 0 unspecified atom stereocenters. The van der Waals surface area contributed by atoms with E-state index < -0.39 is 6.04 Å². The van der Waals surface area contributed by atoms with Crippen molar-refractivity contribution in [1.29, 1.82) is 0 Å². The van der Waals surface area contributed by atoms with Gasteiger partial charge in [0.05, 0.1) is 11.7 Å². The number of para-hydroxylation sites is 1. The summed E-state index contributed by atoms with van der Waals surface area (Å²) in [5.41, 5.74) is 1.52. The van der Waals surface area contributed by atoms with Gasteiger partial charge in [-0.2, -0.15) is 0 Å². The molecule has 1 N–H and O–H groups in total. The molecule has 4 aromatic rings. The summed E-state index contributed by atoms with van der Waals surface area (Å²) in [4.78, 5) is 31.5. The number of hydrogen-bond acceptors (Lipinski definition) is 4. The second kappa shape index (κ2) is 7.17. The van der Waals surface area contributed by atoms with Crippen LogP contribution in [0.15, 0.2) is 77.9 Å². The molecule has 5 nitrogen and oxygen atoms in total. The first-order valence-electron chi connectivity index (χ1n) is 8.55. The third-order valence-corrected chi connectivity index (χ3v) is 5.47. The number of benzene rings is 2. The van der Waals surface area contributed by atoms with Gasteiger partial charge in [-0.25, -0.2) is 4.98 Å². The van der Waals surface area contributed by atoms with E-state index in [9.17, 15) is 9.59 Å². The molecule has 0 aliphatic carbocycles. The maximum absolute atomic E-state index is 12.9. The van der Waals surface area contributed by atoms with Gasteiger partial charge in [0.15, 0.2) is 0 Å². The summed E-state index contributed by atoms with van der Waals surface area (Å²) in [6, 6.07) is 20.2. The Balaban J connectivity index is 1.67. The lowest BCUT2D eigenvalue weighted by Gasteiger charge is -2.14. The van der Waals surface area contributed by atoms with Gasteiger partial charge in [0.1, 0.15) is 10.9 Å². The number of thiophene rings is 1. The van der Waals surface area contributed by atoms with Crippen LogP contribution in [0.1, 0.15) is 13.0 Å². The Morgan fingerprint density at radius 3 is 2.44 bits per heavy atom. The smallest absolute Gasteiger partial charge is 0.262 e. The molecular weight excluding hydrogens is 358 g/mol. The lowest BCUT2D eigenvalue weighted by Crippen LogP contribution is -2.31. The van der Waals surface area contributed by atoms with Crippen molar-refractivity contribution in [2.45, 2.75) is 13.0 Å². The van der Waals surface area contributed by atoms with Gasteiger partial charge in [0.2, 0.25) is 5.91 Å². The van der Waals surface area contributed by atoms with Crippen molar-refractivity contribution in [1.82, 2.24) is 9.55 Å². The Morgan fingerprint density at radius 1 is 1.07 bits per heavy atom. The fraction of sp³-hybridized carbons (Fsp3) is 0.0952. The molecule has 0 radical (unpaired) electrons. The van der Waals surface area contributed by atoms with Crippen molar-refractivity contribution in [3.63, 3.8) is 0 Å². The molecule has 2 heterocycles. The van der Waals surface area contributed by atoms with E-state index in [0.29, 0.717) is 15.9 Å². The van der Waals surface area contributed by atoms with E-state index in [1.807, 2.05) is 54.6 Å². The Kier molecular flexibility index (Phi) is 4.56. The molecule has 0 saturated carbocycles. The minimum absolute atomic E-state index is 0.214. The SMILES string of the molecule is C[C@@H](C(=O)Nc1ccccc1)n1cnc2sc(-c3ccccc3)cc2c1=O. The number of anilines is 1. The highest BCUT2D eigenvalue weighted by Gasteiger charge is 2.19. The van der Waals surface area contributed by atoms with Crippen LogP contribution in [0.3, 0.4) is 0 Å². The first kappa shape index (κ1) is 17.2. The van der Waals surface area contributed by atoms with Crippen LogP contribution >= 0.6 is 11.3 Å². The van der Waals surface area contributed by atoms with Crippen LogP contribution in [0.4, 0.5) is 5.69 Å². The summed E-state index contributed by atoms with van der Waals surface area (Å²) in [6.45, 7) is 1.69. The number of nitrogens with zero attached hydrogens (tertiary/aromatic N) is 2. The van der Waals surface area contributed by atoms with E-state index in [1.165, 1.54) is 22.2 Å². The second-order valence-corrected chi connectivity index (χ2v) is 7.21. The number of hydrogen-bond donors (Lipinski definition) is 1. The van der Waals surface area contributed by atoms with Crippen LogP contribution in [0.2, 0.25) is 0 Å². The lowest BCUT2D eigenvalue weighted by molar-refractivity contribution is -0.118. The zero-order valence-corrected chi connectivity index (χ0v) is 15.4. The van der Waals surface area contributed by atoms with Gasteiger partial charge < -0.3 is 5.32 Å². The van der Waals surface area contributed by atoms with Crippen molar-refractivity contribution in [3.05, 3.63) is 83.4 Å². The number of nitrogens with one attached hydrogen (secondary N) is 1. The molecule has 0 aliphatic rings. The molecule has 0 saturated heterocycles. The van der Waals surface area contributed by atoms with Crippen molar-refractivity contribution >= 4 is 33.1 Å². The molecule has 1 atom stereocenters. The summed E-state index contributed by atoms with van der Waals surface area (Å²) in [7, 11) is 0. The predicted molar refractivity (Wildman–Crippen MR) is 109 cm³/mol. The molecule has 0 aliphatic heterocycles. The third kappa shape index (κ3) is 3.39. The standard InChI is InChI=1S/C21H17N3O2S/c1-14(19(25)23-16-10-6-3-7-11-16)24-13-22-20-17(21(24)26)12-18(27-20)15-8-4-2-5-9-15/h2-14H,1H3,(H,23,25)/t14-/m0/s1. The van der Waals surface area contributed by atoms with E-state index in [1.54, 1.807) is 19.1 Å². The van der Waals surface area contributed by atoms with E-state index in [0.717, 1.165) is 10.4 Å². The minimum Gasteiger partial charge on any atom is -0.324 e. The van der Waals surface area contributed by atoms with Gasteiger partial charge in [0.25, 0.3) is 5.56 Å². The van der Waals surface area contributed by atoms with Gasteiger partial charge in [-0.3, -0.25) is 14.2 Å². The van der Waals surface area contributed by atoms with Crippen LogP contribution in [0.5, 0.6) is 0 Å². The molecule has 4 rings (SSSR count). The molecular formula is C21H17N3O2S. The zero-order valence-electron chi connectivity index (χ0n) is 14.6. The summed E-state index contributed by atoms with van der Waals surface area (Å²) in [5.74, 6) is -0.261. The first-order chi connectivity index (χ1) is 13.1. The summed E-state index contributed by atoms with van der Waals surface area (Å²) in [5, 5.41) is 3.35. The maximum atomic E-state index is 12.9. The molecule has 2 aromatic carbocycles. The van der Waals surface area contributed by atoms with E-state index >= 15 is 0 Å². The number of carbonyl (C=O) groups excluding carboxylic acids is 1. The Bertz CT molecular complexity index is 1150. The highest BCUT2D eigenvalue weighted by atomic mass is 32.1. The van der Waals surface area contributed by atoms with E-state index in [4.69, 9.17) is 0 Å². The van der Waals surface area contributed by atoms with Crippen LogP contribution in [0.25, 0.3) is 20.7 Å². The van der Waals surface area contributed by atoms with Crippen LogP contribution in [0, 0.1) is 0 Å². The number of carbonyl (C=O) groups is 1. The fourth-order valence-corrected chi connectivity index (χ4v) is 3.85. The number of rotatable bonds is 4. The number of fused-ring (bicyclic) bond motifs is 1. The molecule has 134 valence electrons. The number of aromatic nitrogens is 2. The van der Waals surface area contributed by atoms with E-state index in [2.05, 4.69) is 10.3 Å². The van der Waals surface area contributed by atoms with Gasteiger partial charge in [-0.05, 0) is 30.7 Å². The van der Waals surface area contributed by atoms with E-state index in [-0.39, 0.29) is 11.5 Å². The highest BCUT2D eigenvalue weighted by Crippen LogP contribution is 2.30. The highest BCUT2D eigenvalue weighted by molar-refractivity contribution is 7.21. The van der Waals surface area contributed by atoms with Crippen molar-refractivity contribution in [3.8, 4) is 10.4 Å². The molecule has 0 bridgehead atoms. The monoisotopic (exact) mass is 375 g/mol. The van der Waals surface area contributed by atoms with Crippen LogP contribution in [-0.4, -0.2) is 15.5 Å². The van der Waals surface area contributed by atoms with Gasteiger partial charge >= 0.3 is 0 Å². The molecule has 1 amide bonds. The quantitative estimate of drug-likeness (QED) is 0.578. The van der Waals surface area contributed by atoms with Gasteiger partial charge in [-0.1, -0.05) is 48.5 Å². The molecule has 27 heavy (non-hydrogen) atoms. The van der Waals surface area contributed by atoms with Gasteiger partial charge in [0, 0.05) is 10.6 Å². The predicted octanol–water partition coefficient (Wildman–Crippen LogP) is 4.32.